The lowest BCUT2D eigenvalue weighted by Gasteiger charge is -2.45. The molecule has 0 radical (unpaired) electrons. The number of hydrogen-bond acceptors (Lipinski definition) is 5. The Kier molecular flexibility index (Phi) is 7.02. The fourth-order valence-corrected chi connectivity index (χ4v) is 5.84. The van der Waals surface area contributed by atoms with Crippen LogP contribution in [-0.2, 0) is 11.3 Å². The van der Waals surface area contributed by atoms with E-state index in [0.717, 1.165) is 64.1 Å². The zero-order valence-electron chi connectivity index (χ0n) is 21.2. The fourth-order valence-electron chi connectivity index (χ4n) is 5.84. The molecule has 2 fully saturated rings. The molecule has 2 aliphatic heterocycles. The summed E-state index contributed by atoms with van der Waals surface area (Å²) in [5, 5.41) is 3.35. The largest absolute Gasteiger partial charge is 0.463 e. The van der Waals surface area contributed by atoms with Gasteiger partial charge >= 0.3 is 0 Å². The molecule has 0 unspecified atom stereocenters. The summed E-state index contributed by atoms with van der Waals surface area (Å²) in [6.45, 7) is 7.71. The summed E-state index contributed by atoms with van der Waals surface area (Å²) in [7, 11) is 2.14. The Morgan fingerprint density at radius 1 is 1.03 bits per heavy atom. The van der Waals surface area contributed by atoms with Crippen LogP contribution in [0.1, 0.15) is 55.9 Å². The summed E-state index contributed by atoms with van der Waals surface area (Å²) in [6, 6.07) is 7.73. The SMILES string of the molecule is CN1CCN(CCN2C(=O)c3ccc(-c4ccco4)n3C[C@@]2(C)C(=O)NC2CCCCCC2)CC1. The highest BCUT2D eigenvalue weighted by Crippen LogP contribution is 2.33. The minimum Gasteiger partial charge on any atom is -0.463 e. The first-order chi connectivity index (χ1) is 17.0. The summed E-state index contributed by atoms with van der Waals surface area (Å²) in [5.41, 5.74) is 0.489. The fraction of sp³-hybridized carbons (Fsp3) is 0.630. The zero-order chi connectivity index (χ0) is 24.4. The highest BCUT2D eigenvalue weighted by molar-refractivity contribution is 6.00. The van der Waals surface area contributed by atoms with Gasteiger partial charge in [0.1, 0.15) is 17.0 Å². The lowest BCUT2D eigenvalue weighted by Crippen LogP contribution is -2.66. The number of hydrogen-bond donors (Lipinski definition) is 1. The maximum atomic E-state index is 13.9. The van der Waals surface area contributed by atoms with Crippen LogP contribution in [-0.4, -0.2) is 89.0 Å². The van der Waals surface area contributed by atoms with Gasteiger partial charge in [-0.25, -0.2) is 0 Å². The molecule has 0 spiro atoms. The smallest absolute Gasteiger partial charge is 0.271 e. The summed E-state index contributed by atoms with van der Waals surface area (Å²) < 4.78 is 7.62. The Hall–Kier alpha value is -2.58. The average molecular weight is 482 g/mol. The van der Waals surface area contributed by atoms with Crippen molar-refractivity contribution in [2.45, 2.75) is 63.6 Å². The first kappa shape index (κ1) is 24.1. The van der Waals surface area contributed by atoms with Gasteiger partial charge in [-0.3, -0.25) is 14.5 Å². The van der Waals surface area contributed by atoms with Crippen molar-refractivity contribution in [3.63, 3.8) is 0 Å². The quantitative estimate of drug-likeness (QED) is 0.642. The minimum atomic E-state index is -0.969. The number of nitrogens with one attached hydrogen (secondary N) is 1. The summed E-state index contributed by atoms with van der Waals surface area (Å²) in [4.78, 5) is 34.3. The molecule has 2 amide bonds. The number of carbonyl (C=O) groups excluding carboxylic acids is 2. The van der Waals surface area contributed by atoms with Crippen molar-refractivity contribution in [1.29, 1.82) is 0 Å². The second-order valence-electron chi connectivity index (χ2n) is 10.7. The van der Waals surface area contributed by atoms with Crippen molar-refractivity contribution in [3.8, 4) is 11.5 Å². The molecule has 0 bridgehead atoms. The van der Waals surface area contributed by atoms with E-state index in [1.807, 2.05) is 40.7 Å². The van der Waals surface area contributed by atoms with E-state index in [1.54, 1.807) is 6.26 Å². The number of carbonyl (C=O) groups is 2. The number of likely N-dealkylation sites (N-methyl/N-ethyl adjacent to an activating group) is 1. The molecule has 4 heterocycles. The molecule has 1 saturated heterocycles. The van der Waals surface area contributed by atoms with Gasteiger partial charge in [-0.1, -0.05) is 25.7 Å². The topological polar surface area (TPSA) is 74.0 Å². The zero-order valence-corrected chi connectivity index (χ0v) is 21.2. The van der Waals surface area contributed by atoms with Crippen molar-refractivity contribution < 1.29 is 14.0 Å². The molecule has 8 nitrogen and oxygen atoms in total. The first-order valence-electron chi connectivity index (χ1n) is 13.2. The Morgan fingerprint density at radius 2 is 1.74 bits per heavy atom. The van der Waals surface area contributed by atoms with Crippen molar-refractivity contribution in [3.05, 3.63) is 36.2 Å². The molecule has 5 rings (SSSR count). The van der Waals surface area contributed by atoms with Crippen molar-refractivity contribution in [2.24, 2.45) is 0 Å². The van der Waals surface area contributed by atoms with Gasteiger partial charge in [0, 0.05) is 45.3 Å². The molecule has 8 heteroatoms. The van der Waals surface area contributed by atoms with Crippen LogP contribution in [0.4, 0.5) is 0 Å². The normalized spacial score (nSPS) is 24.9. The predicted molar refractivity (Wildman–Crippen MR) is 135 cm³/mol. The highest BCUT2D eigenvalue weighted by atomic mass is 16.3. The van der Waals surface area contributed by atoms with Gasteiger partial charge in [-0.2, -0.15) is 0 Å². The van der Waals surface area contributed by atoms with Crippen LogP contribution in [0.15, 0.2) is 34.9 Å². The molecule has 35 heavy (non-hydrogen) atoms. The van der Waals surface area contributed by atoms with Gasteiger partial charge in [0.15, 0.2) is 0 Å². The molecule has 1 atom stereocenters. The molecular weight excluding hydrogens is 442 g/mol. The van der Waals surface area contributed by atoms with Crippen molar-refractivity contribution in [1.82, 2.24) is 24.6 Å². The molecule has 0 aromatic carbocycles. The number of nitrogens with zero attached hydrogens (tertiary/aromatic N) is 4. The number of aromatic nitrogens is 1. The van der Waals surface area contributed by atoms with Crippen LogP contribution >= 0.6 is 0 Å². The van der Waals surface area contributed by atoms with Gasteiger partial charge in [0.05, 0.1) is 18.5 Å². The van der Waals surface area contributed by atoms with E-state index >= 15 is 0 Å². The Labute approximate surface area is 208 Å². The van der Waals surface area contributed by atoms with E-state index in [9.17, 15) is 9.59 Å². The Bertz CT molecular complexity index is 1020. The molecule has 3 aliphatic rings. The Morgan fingerprint density at radius 3 is 2.43 bits per heavy atom. The maximum absolute atomic E-state index is 13.9. The highest BCUT2D eigenvalue weighted by Gasteiger charge is 2.48. The van der Waals surface area contributed by atoms with Crippen LogP contribution < -0.4 is 5.32 Å². The summed E-state index contributed by atoms with van der Waals surface area (Å²) in [5.74, 6) is 0.587. The van der Waals surface area contributed by atoms with Crippen molar-refractivity contribution in [2.75, 3.05) is 46.3 Å². The van der Waals surface area contributed by atoms with Gasteiger partial charge in [-0.05, 0) is 51.1 Å². The average Bonchev–Trinajstić information content (AvgIpc) is 3.45. The first-order valence-corrected chi connectivity index (χ1v) is 13.2. The second-order valence-corrected chi connectivity index (χ2v) is 10.7. The summed E-state index contributed by atoms with van der Waals surface area (Å²) in [6.07, 6.45) is 8.44. The monoisotopic (exact) mass is 481 g/mol. The van der Waals surface area contributed by atoms with E-state index in [0.29, 0.717) is 24.5 Å². The lowest BCUT2D eigenvalue weighted by atomic mass is 9.93. The molecule has 1 aliphatic carbocycles. The van der Waals surface area contributed by atoms with Crippen LogP contribution in [0.25, 0.3) is 11.5 Å². The third kappa shape index (κ3) is 4.91. The van der Waals surface area contributed by atoms with Gasteiger partial charge in [0.2, 0.25) is 5.91 Å². The number of furan rings is 1. The van der Waals surface area contributed by atoms with Gasteiger partial charge in [-0.15, -0.1) is 0 Å². The third-order valence-electron chi connectivity index (χ3n) is 8.20. The Balaban J connectivity index is 1.41. The van der Waals surface area contributed by atoms with Crippen LogP contribution in [0, 0.1) is 0 Å². The van der Waals surface area contributed by atoms with E-state index in [2.05, 4.69) is 22.2 Å². The van der Waals surface area contributed by atoms with E-state index in [-0.39, 0.29) is 17.9 Å². The number of rotatable bonds is 6. The van der Waals surface area contributed by atoms with E-state index in [4.69, 9.17) is 4.42 Å². The van der Waals surface area contributed by atoms with Gasteiger partial charge < -0.3 is 24.1 Å². The second kappa shape index (κ2) is 10.2. The van der Waals surface area contributed by atoms with E-state index < -0.39 is 5.54 Å². The standard InChI is InChI=1S/C27H39N5O3/c1-27(26(34)28-21-8-5-3-4-6-9-21)20-31-22(24-10-7-19-35-24)11-12-23(31)25(33)32(27)18-17-30-15-13-29(2)14-16-30/h7,10-12,19,21H,3-6,8-9,13-18,20H2,1-2H3,(H,28,34)/t27-/m0/s1. The predicted octanol–water partition coefficient (Wildman–Crippen LogP) is 3.05. The van der Waals surface area contributed by atoms with E-state index in [1.165, 1.54) is 12.8 Å². The molecule has 2 aromatic heterocycles. The molecule has 2 aromatic rings. The van der Waals surface area contributed by atoms with Crippen LogP contribution in [0.3, 0.4) is 0 Å². The third-order valence-corrected chi connectivity index (χ3v) is 8.20. The number of piperazine rings is 1. The molecule has 1 saturated carbocycles. The maximum Gasteiger partial charge on any atom is 0.271 e. The number of amides is 2. The molecule has 190 valence electrons. The van der Waals surface area contributed by atoms with Crippen molar-refractivity contribution >= 4 is 11.8 Å². The number of fused-ring (bicyclic) bond motifs is 1. The van der Waals surface area contributed by atoms with Crippen LogP contribution in [0.5, 0.6) is 0 Å². The molecule has 1 N–H and O–H groups in total. The molecular formula is C27H39N5O3. The lowest BCUT2D eigenvalue weighted by molar-refractivity contribution is -0.133. The van der Waals surface area contributed by atoms with Gasteiger partial charge in [0.25, 0.3) is 5.91 Å². The summed E-state index contributed by atoms with van der Waals surface area (Å²) >= 11 is 0. The minimum absolute atomic E-state index is 0.0409. The van der Waals surface area contributed by atoms with Crippen LogP contribution in [0.2, 0.25) is 0 Å².